The van der Waals surface area contributed by atoms with E-state index in [9.17, 15) is 13.8 Å². The first-order valence-corrected chi connectivity index (χ1v) is 9.97. The van der Waals surface area contributed by atoms with Crippen molar-refractivity contribution < 1.29 is 28.4 Å². The second-order valence-corrected chi connectivity index (χ2v) is 7.79. The Labute approximate surface area is 170 Å². The van der Waals surface area contributed by atoms with Crippen LogP contribution in [0.2, 0.25) is 0 Å². The number of hydrogen-bond acceptors (Lipinski definition) is 5. The van der Waals surface area contributed by atoms with Crippen LogP contribution in [-0.2, 0) is 22.2 Å². The predicted molar refractivity (Wildman–Crippen MR) is 109 cm³/mol. The number of carboxylic acid groups (broad SMARTS) is 1. The van der Waals surface area contributed by atoms with Gasteiger partial charge in [0.25, 0.3) is 0 Å². The summed E-state index contributed by atoms with van der Waals surface area (Å²) in [6.07, 6.45) is 1.93. The molecular formula is C21H21NO6S. The number of aliphatic carboxylic acids is 1. The minimum absolute atomic E-state index is 0.0482. The second kappa shape index (κ2) is 8.48. The molecule has 1 N–H and O–H groups in total. The number of methoxy groups -OCH3 is 2. The molecule has 1 atom stereocenters. The summed E-state index contributed by atoms with van der Waals surface area (Å²) in [5.74, 6) is 0.00726. The first-order valence-electron chi connectivity index (χ1n) is 8.86. The zero-order chi connectivity index (χ0) is 21.1. The van der Waals surface area contributed by atoms with Crippen molar-refractivity contribution in [3.63, 3.8) is 0 Å². The normalized spacial score (nSPS) is 12.0. The summed E-state index contributed by atoms with van der Waals surface area (Å²) >= 11 is 0. The van der Waals surface area contributed by atoms with E-state index in [1.54, 1.807) is 46.6 Å². The number of Topliss-reactive ketones (excluding diaryl/α,β-unsaturated/α-hetero) is 1. The Morgan fingerprint density at radius 1 is 1.07 bits per heavy atom. The highest BCUT2D eigenvalue weighted by atomic mass is 32.2. The van der Waals surface area contributed by atoms with Crippen molar-refractivity contribution in [3.05, 3.63) is 53.7 Å². The first kappa shape index (κ1) is 20.6. The number of benzene rings is 2. The van der Waals surface area contributed by atoms with Gasteiger partial charge in [-0.1, -0.05) is 12.1 Å². The van der Waals surface area contributed by atoms with Crippen LogP contribution < -0.4 is 9.47 Å². The van der Waals surface area contributed by atoms with Crippen LogP contribution >= 0.6 is 0 Å². The van der Waals surface area contributed by atoms with E-state index in [0.717, 1.165) is 10.9 Å². The van der Waals surface area contributed by atoms with Crippen LogP contribution in [-0.4, -0.2) is 39.3 Å². The zero-order valence-electron chi connectivity index (χ0n) is 16.3. The number of ketones is 1. The van der Waals surface area contributed by atoms with Crippen LogP contribution in [0.25, 0.3) is 10.9 Å². The van der Waals surface area contributed by atoms with Gasteiger partial charge in [-0.15, -0.1) is 0 Å². The standard InChI is InChI=1S/C21H21NO6S/c1-13(23)14-4-7-16(8-5-14)29(26)22-12-15(6-9-21(24)25)17-10-19(27-2)20(28-3)11-18(17)22/h4-5,7-8,10-12H,6,9H2,1-3H3,(H,24,25). The first-order chi connectivity index (χ1) is 13.8. The molecule has 1 aromatic heterocycles. The van der Waals surface area contributed by atoms with Gasteiger partial charge in [-0.25, -0.2) is 4.21 Å². The highest BCUT2D eigenvalue weighted by molar-refractivity contribution is 7.83. The number of fused-ring (bicyclic) bond motifs is 1. The highest BCUT2D eigenvalue weighted by Gasteiger charge is 2.18. The summed E-state index contributed by atoms with van der Waals surface area (Å²) in [5.41, 5.74) is 1.92. The summed E-state index contributed by atoms with van der Waals surface area (Å²) in [4.78, 5) is 23.0. The van der Waals surface area contributed by atoms with E-state index in [4.69, 9.17) is 14.6 Å². The molecule has 7 nitrogen and oxygen atoms in total. The maximum Gasteiger partial charge on any atom is 0.303 e. The lowest BCUT2D eigenvalue weighted by molar-refractivity contribution is -0.136. The molecule has 1 unspecified atom stereocenters. The lowest BCUT2D eigenvalue weighted by Gasteiger charge is -2.10. The Morgan fingerprint density at radius 3 is 2.24 bits per heavy atom. The van der Waals surface area contributed by atoms with Gasteiger partial charge in [-0.05, 0) is 37.1 Å². The fraction of sp³-hybridized carbons (Fsp3) is 0.238. The third-order valence-electron chi connectivity index (χ3n) is 4.61. The van der Waals surface area contributed by atoms with Crippen molar-refractivity contribution in [2.75, 3.05) is 14.2 Å². The van der Waals surface area contributed by atoms with E-state index < -0.39 is 17.0 Å². The molecule has 0 amide bonds. The second-order valence-electron chi connectivity index (χ2n) is 6.43. The third kappa shape index (κ3) is 4.17. The van der Waals surface area contributed by atoms with Gasteiger partial charge in [-0.3, -0.25) is 13.6 Å². The summed E-state index contributed by atoms with van der Waals surface area (Å²) in [6, 6.07) is 10.1. The highest BCUT2D eigenvalue weighted by Crippen LogP contribution is 2.36. The predicted octanol–water partition coefficient (Wildman–Crippen LogP) is 3.45. The van der Waals surface area contributed by atoms with Crippen LogP contribution in [0.5, 0.6) is 11.5 Å². The Bertz CT molecular complexity index is 1100. The summed E-state index contributed by atoms with van der Waals surface area (Å²) in [5, 5.41) is 9.80. The van der Waals surface area contributed by atoms with Crippen LogP contribution in [0.4, 0.5) is 0 Å². The minimum atomic E-state index is -1.59. The van der Waals surface area contributed by atoms with Crippen molar-refractivity contribution in [2.45, 2.75) is 24.7 Å². The lowest BCUT2D eigenvalue weighted by atomic mass is 10.1. The average molecular weight is 415 g/mol. The van der Waals surface area contributed by atoms with E-state index in [0.29, 0.717) is 27.5 Å². The molecule has 0 saturated carbocycles. The molecular weight excluding hydrogens is 394 g/mol. The Hall–Kier alpha value is -3.13. The third-order valence-corrected chi connectivity index (χ3v) is 5.94. The zero-order valence-corrected chi connectivity index (χ0v) is 17.1. The molecule has 0 spiro atoms. The average Bonchev–Trinajstić information content (AvgIpc) is 3.08. The molecule has 3 rings (SSSR count). The van der Waals surface area contributed by atoms with Gasteiger partial charge in [-0.2, -0.15) is 0 Å². The Balaban J connectivity index is 2.13. The Kier molecular flexibility index (Phi) is 6.03. The molecule has 3 aromatic rings. The van der Waals surface area contributed by atoms with Crippen molar-refractivity contribution in [2.24, 2.45) is 0 Å². The number of hydrogen-bond donors (Lipinski definition) is 1. The number of carbonyl (C=O) groups is 2. The SMILES string of the molecule is COc1cc2c(CCC(=O)O)cn(S(=O)c3ccc(C(C)=O)cc3)c2cc1OC. The van der Waals surface area contributed by atoms with Crippen LogP contribution in [0.3, 0.4) is 0 Å². The molecule has 1 heterocycles. The number of ether oxygens (including phenoxy) is 2. The smallest absolute Gasteiger partial charge is 0.303 e. The fourth-order valence-electron chi connectivity index (χ4n) is 3.09. The van der Waals surface area contributed by atoms with E-state index in [1.807, 2.05) is 0 Å². The number of aromatic nitrogens is 1. The summed E-state index contributed by atoms with van der Waals surface area (Å²) in [6.45, 7) is 1.47. The Morgan fingerprint density at radius 2 is 1.69 bits per heavy atom. The molecule has 152 valence electrons. The number of rotatable bonds is 8. The molecule has 8 heteroatoms. The molecule has 2 aromatic carbocycles. The maximum absolute atomic E-state index is 13.2. The summed E-state index contributed by atoms with van der Waals surface area (Å²) in [7, 11) is 1.44. The molecule has 0 bridgehead atoms. The maximum atomic E-state index is 13.2. The largest absolute Gasteiger partial charge is 0.493 e. The monoisotopic (exact) mass is 415 g/mol. The number of aryl methyl sites for hydroxylation is 1. The minimum Gasteiger partial charge on any atom is -0.493 e. The quantitative estimate of drug-likeness (QED) is 0.566. The van der Waals surface area contributed by atoms with E-state index >= 15 is 0 Å². The van der Waals surface area contributed by atoms with Crippen LogP contribution in [0.1, 0.15) is 29.3 Å². The van der Waals surface area contributed by atoms with E-state index in [-0.39, 0.29) is 18.6 Å². The molecule has 0 radical (unpaired) electrons. The van der Waals surface area contributed by atoms with Crippen molar-refractivity contribution >= 4 is 33.6 Å². The van der Waals surface area contributed by atoms with Gasteiger partial charge < -0.3 is 14.6 Å². The van der Waals surface area contributed by atoms with Gasteiger partial charge in [0.15, 0.2) is 28.3 Å². The van der Waals surface area contributed by atoms with E-state index in [1.165, 1.54) is 21.1 Å². The molecule has 0 aliphatic rings. The number of carbonyl (C=O) groups excluding carboxylic acids is 1. The molecule has 29 heavy (non-hydrogen) atoms. The van der Waals surface area contributed by atoms with Gasteiger partial charge in [0.05, 0.1) is 24.6 Å². The molecule has 0 aliphatic carbocycles. The van der Waals surface area contributed by atoms with Crippen molar-refractivity contribution in [3.8, 4) is 11.5 Å². The molecule has 0 aliphatic heterocycles. The van der Waals surface area contributed by atoms with Gasteiger partial charge >= 0.3 is 5.97 Å². The van der Waals surface area contributed by atoms with Gasteiger partial charge in [0.1, 0.15) is 0 Å². The van der Waals surface area contributed by atoms with Crippen molar-refractivity contribution in [1.82, 2.24) is 3.97 Å². The van der Waals surface area contributed by atoms with Crippen LogP contribution in [0.15, 0.2) is 47.5 Å². The molecule has 0 saturated heterocycles. The summed E-state index contributed by atoms with van der Waals surface area (Å²) < 4.78 is 25.6. The van der Waals surface area contributed by atoms with Gasteiger partial charge in [0.2, 0.25) is 0 Å². The van der Waals surface area contributed by atoms with Crippen molar-refractivity contribution in [1.29, 1.82) is 0 Å². The lowest BCUT2D eigenvalue weighted by Crippen LogP contribution is -2.04. The van der Waals surface area contributed by atoms with E-state index in [2.05, 4.69) is 0 Å². The number of nitrogens with zero attached hydrogens (tertiary/aromatic N) is 1. The molecule has 0 fully saturated rings. The van der Waals surface area contributed by atoms with Gasteiger partial charge in [0, 0.05) is 29.6 Å². The van der Waals surface area contributed by atoms with Crippen LogP contribution in [0, 0.1) is 0 Å². The number of carboxylic acids is 1. The topological polar surface area (TPSA) is 94.8 Å². The fourth-order valence-corrected chi connectivity index (χ4v) is 4.23.